The summed E-state index contributed by atoms with van der Waals surface area (Å²) in [6.45, 7) is 2.65. The number of aromatic nitrogens is 1. The summed E-state index contributed by atoms with van der Waals surface area (Å²) >= 11 is 0. The Kier molecular flexibility index (Phi) is 4.36. The summed E-state index contributed by atoms with van der Waals surface area (Å²) in [5.74, 6) is -0.322. The van der Waals surface area contributed by atoms with Crippen LogP contribution in [-0.2, 0) is 11.3 Å². The molecule has 0 fully saturated rings. The van der Waals surface area contributed by atoms with E-state index in [-0.39, 0.29) is 18.4 Å². The SMILES string of the molecule is CCn1cc(N)cc1C(=O)N(C)CC(=O)N(C)C. The topological polar surface area (TPSA) is 71.6 Å². The molecule has 0 aliphatic carbocycles. The van der Waals surface area contributed by atoms with Crippen LogP contribution in [0.2, 0.25) is 0 Å². The average Bonchev–Trinajstić information content (AvgIpc) is 2.69. The summed E-state index contributed by atoms with van der Waals surface area (Å²) < 4.78 is 1.77. The minimum absolute atomic E-state index is 0.0562. The van der Waals surface area contributed by atoms with E-state index in [1.54, 1.807) is 38.0 Å². The van der Waals surface area contributed by atoms with Gasteiger partial charge in [0.1, 0.15) is 5.69 Å². The zero-order valence-corrected chi connectivity index (χ0v) is 11.3. The van der Waals surface area contributed by atoms with Crippen molar-refractivity contribution in [3.8, 4) is 0 Å². The van der Waals surface area contributed by atoms with Gasteiger partial charge in [0.2, 0.25) is 5.91 Å². The molecule has 0 aromatic carbocycles. The van der Waals surface area contributed by atoms with E-state index in [2.05, 4.69) is 0 Å². The molecule has 6 nitrogen and oxygen atoms in total. The smallest absolute Gasteiger partial charge is 0.270 e. The first-order chi connectivity index (χ1) is 8.36. The molecule has 2 N–H and O–H groups in total. The third-order valence-electron chi connectivity index (χ3n) is 2.70. The van der Waals surface area contributed by atoms with Crippen LogP contribution in [0, 0.1) is 0 Å². The fourth-order valence-corrected chi connectivity index (χ4v) is 1.59. The van der Waals surface area contributed by atoms with Gasteiger partial charge in [0.15, 0.2) is 0 Å². The number of carbonyl (C=O) groups is 2. The van der Waals surface area contributed by atoms with E-state index in [0.29, 0.717) is 17.9 Å². The van der Waals surface area contributed by atoms with Crippen molar-refractivity contribution >= 4 is 17.5 Å². The van der Waals surface area contributed by atoms with Crippen molar-refractivity contribution in [2.75, 3.05) is 33.4 Å². The summed E-state index contributed by atoms with van der Waals surface area (Å²) in [4.78, 5) is 26.6. The van der Waals surface area contributed by atoms with Crippen LogP contribution >= 0.6 is 0 Å². The van der Waals surface area contributed by atoms with Gasteiger partial charge < -0.3 is 20.1 Å². The Morgan fingerprint density at radius 3 is 2.44 bits per heavy atom. The highest BCUT2D eigenvalue weighted by Crippen LogP contribution is 2.12. The van der Waals surface area contributed by atoms with Gasteiger partial charge in [-0.3, -0.25) is 9.59 Å². The summed E-state index contributed by atoms with van der Waals surface area (Å²) in [6.07, 6.45) is 1.72. The van der Waals surface area contributed by atoms with Gasteiger partial charge in [0, 0.05) is 33.9 Å². The summed E-state index contributed by atoms with van der Waals surface area (Å²) in [7, 11) is 4.92. The molecular formula is C12H20N4O2. The lowest BCUT2D eigenvalue weighted by atomic mass is 10.3. The molecule has 0 aliphatic rings. The largest absolute Gasteiger partial charge is 0.397 e. The molecule has 0 spiro atoms. The maximum absolute atomic E-state index is 12.2. The van der Waals surface area contributed by atoms with Crippen LogP contribution in [0.5, 0.6) is 0 Å². The molecule has 1 aromatic heterocycles. The van der Waals surface area contributed by atoms with Gasteiger partial charge in [-0.15, -0.1) is 0 Å². The van der Waals surface area contributed by atoms with Gasteiger partial charge in [-0.25, -0.2) is 0 Å². The first kappa shape index (κ1) is 14.1. The molecular weight excluding hydrogens is 232 g/mol. The highest BCUT2D eigenvalue weighted by atomic mass is 16.2. The number of nitrogens with zero attached hydrogens (tertiary/aromatic N) is 3. The Morgan fingerprint density at radius 2 is 1.94 bits per heavy atom. The predicted molar refractivity (Wildman–Crippen MR) is 70.2 cm³/mol. The summed E-state index contributed by atoms with van der Waals surface area (Å²) in [5.41, 5.74) is 6.73. The summed E-state index contributed by atoms with van der Waals surface area (Å²) in [6, 6.07) is 1.63. The summed E-state index contributed by atoms with van der Waals surface area (Å²) in [5, 5.41) is 0. The zero-order chi connectivity index (χ0) is 13.9. The van der Waals surface area contributed by atoms with Crippen molar-refractivity contribution in [1.29, 1.82) is 0 Å². The third-order valence-corrected chi connectivity index (χ3v) is 2.70. The molecule has 0 radical (unpaired) electrons. The third kappa shape index (κ3) is 3.03. The number of likely N-dealkylation sites (N-methyl/N-ethyl adjacent to an activating group) is 2. The van der Waals surface area contributed by atoms with E-state index < -0.39 is 0 Å². The number of hydrogen-bond acceptors (Lipinski definition) is 3. The number of nitrogens with two attached hydrogens (primary N) is 1. The van der Waals surface area contributed by atoms with E-state index in [9.17, 15) is 9.59 Å². The lowest BCUT2D eigenvalue weighted by Crippen LogP contribution is -2.38. The number of carbonyl (C=O) groups excluding carboxylic acids is 2. The standard InChI is InChI=1S/C12H20N4O2/c1-5-16-7-9(13)6-10(16)12(18)15(4)8-11(17)14(2)3/h6-7H,5,8,13H2,1-4H3. The van der Waals surface area contributed by atoms with Gasteiger partial charge in [-0.1, -0.05) is 0 Å². The number of anilines is 1. The molecule has 0 bridgehead atoms. The Morgan fingerprint density at radius 1 is 1.33 bits per heavy atom. The van der Waals surface area contributed by atoms with Crippen LogP contribution in [0.4, 0.5) is 5.69 Å². The minimum Gasteiger partial charge on any atom is -0.397 e. The molecule has 0 atom stereocenters. The molecule has 6 heteroatoms. The second-order valence-corrected chi connectivity index (χ2v) is 4.39. The van der Waals surface area contributed by atoms with Crippen LogP contribution < -0.4 is 5.73 Å². The number of aryl methyl sites for hydroxylation is 1. The molecule has 18 heavy (non-hydrogen) atoms. The van der Waals surface area contributed by atoms with Gasteiger partial charge >= 0.3 is 0 Å². The van der Waals surface area contributed by atoms with Crippen LogP contribution in [0.1, 0.15) is 17.4 Å². The molecule has 100 valence electrons. The number of rotatable bonds is 4. The van der Waals surface area contributed by atoms with E-state index in [1.807, 2.05) is 6.92 Å². The van der Waals surface area contributed by atoms with Gasteiger partial charge in [0.25, 0.3) is 5.91 Å². The van der Waals surface area contributed by atoms with E-state index in [0.717, 1.165) is 0 Å². The van der Waals surface area contributed by atoms with Gasteiger partial charge in [-0.2, -0.15) is 0 Å². The molecule has 0 aliphatic heterocycles. The van der Waals surface area contributed by atoms with E-state index in [1.165, 1.54) is 9.80 Å². The maximum Gasteiger partial charge on any atom is 0.270 e. The van der Waals surface area contributed by atoms with Crippen LogP contribution in [0.25, 0.3) is 0 Å². The van der Waals surface area contributed by atoms with Crippen molar-refractivity contribution in [3.63, 3.8) is 0 Å². The van der Waals surface area contributed by atoms with Crippen LogP contribution in [0.3, 0.4) is 0 Å². The second kappa shape index (κ2) is 5.57. The number of nitrogen functional groups attached to an aromatic ring is 1. The Labute approximate surface area is 107 Å². The highest BCUT2D eigenvalue weighted by molar-refractivity contribution is 5.95. The van der Waals surface area contributed by atoms with Crippen molar-refractivity contribution in [3.05, 3.63) is 18.0 Å². The zero-order valence-electron chi connectivity index (χ0n) is 11.3. The van der Waals surface area contributed by atoms with E-state index in [4.69, 9.17) is 5.73 Å². The van der Waals surface area contributed by atoms with Crippen molar-refractivity contribution < 1.29 is 9.59 Å². The molecule has 0 unspecified atom stereocenters. The lowest BCUT2D eigenvalue weighted by Gasteiger charge is -2.19. The maximum atomic E-state index is 12.2. The lowest BCUT2D eigenvalue weighted by molar-refractivity contribution is -0.129. The van der Waals surface area contributed by atoms with Gasteiger partial charge in [-0.05, 0) is 13.0 Å². The van der Waals surface area contributed by atoms with Crippen LogP contribution in [-0.4, -0.2) is 53.9 Å². The minimum atomic E-state index is -0.205. The van der Waals surface area contributed by atoms with Crippen molar-refractivity contribution in [2.45, 2.75) is 13.5 Å². The highest BCUT2D eigenvalue weighted by Gasteiger charge is 2.19. The molecule has 1 heterocycles. The average molecular weight is 252 g/mol. The van der Waals surface area contributed by atoms with Gasteiger partial charge in [0.05, 0.1) is 12.2 Å². The molecule has 0 saturated heterocycles. The Hall–Kier alpha value is -1.98. The molecule has 0 saturated carbocycles. The molecule has 2 amide bonds. The Balaban J connectivity index is 2.83. The second-order valence-electron chi connectivity index (χ2n) is 4.39. The van der Waals surface area contributed by atoms with Crippen molar-refractivity contribution in [1.82, 2.24) is 14.4 Å². The fraction of sp³-hybridized carbons (Fsp3) is 0.500. The van der Waals surface area contributed by atoms with Crippen molar-refractivity contribution in [2.24, 2.45) is 0 Å². The predicted octanol–water partition coefficient (Wildman–Crippen LogP) is 0.250. The fourth-order valence-electron chi connectivity index (χ4n) is 1.59. The van der Waals surface area contributed by atoms with E-state index >= 15 is 0 Å². The quantitative estimate of drug-likeness (QED) is 0.835. The molecule has 1 rings (SSSR count). The Bertz CT molecular complexity index is 451. The number of hydrogen-bond donors (Lipinski definition) is 1. The number of amides is 2. The monoisotopic (exact) mass is 252 g/mol. The molecule has 1 aromatic rings. The first-order valence-corrected chi connectivity index (χ1v) is 5.78. The van der Waals surface area contributed by atoms with Crippen LogP contribution in [0.15, 0.2) is 12.3 Å². The normalized spacial score (nSPS) is 10.2. The first-order valence-electron chi connectivity index (χ1n) is 5.78.